The van der Waals surface area contributed by atoms with E-state index < -0.39 is 5.97 Å². The molecule has 3 N–H and O–H groups in total. The van der Waals surface area contributed by atoms with E-state index in [0.29, 0.717) is 21.2 Å². The largest absolute Gasteiger partial charge is 0.477 e. The van der Waals surface area contributed by atoms with Gasteiger partial charge in [0.15, 0.2) is 5.69 Å². The van der Waals surface area contributed by atoms with Crippen molar-refractivity contribution in [2.24, 2.45) is 0 Å². The normalized spacial score (nSPS) is 10.3. The lowest BCUT2D eigenvalue weighted by molar-refractivity contribution is 0.0690. The lowest BCUT2D eigenvalue weighted by atomic mass is 10.1. The van der Waals surface area contributed by atoms with Gasteiger partial charge in [0, 0.05) is 11.1 Å². The Morgan fingerprint density at radius 2 is 1.89 bits per heavy atom. The number of nitrogens with two attached hydrogens (primary N) is 1. The van der Waals surface area contributed by atoms with E-state index in [4.69, 9.17) is 34.0 Å². The minimum Gasteiger partial charge on any atom is -0.477 e. The zero-order chi connectivity index (χ0) is 13.3. The van der Waals surface area contributed by atoms with Gasteiger partial charge in [-0.1, -0.05) is 35.3 Å². The molecule has 92 valence electrons. The molecule has 1 aromatic heterocycles. The van der Waals surface area contributed by atoms with E-state index in [1.165, 1.54) is 6.07 Å². The maximum absolute atomic E-state index is 10.8. The van der Waals surface area contributed by atoms with E-state index >= 15 is 0 Å². The number of aromatic carboxylic acids is 1. The van der Waals surface area contributed by atoms with Gasteiger partial charge < -0.3 is 10.8 Å². The van der Waals surface area contributed by atoms with Gasteiger partial charge in [-0.25, -0.2) is 9.78 Å². The van der Waals surface area contributed by atoms with Crippen LogP contribution in [-0.4, -0.2) is 16.1 Å². The summed E-state index contributed by atoms with van der Waals surface area (Å²) < 4.78 is 0. The topological polar surface area (TPSA) is 76.2 Å². The number of carboxylic acid groups (broad SMARTS) is 1. The highest BCUT2D eigenvalue weighted by atomic mass is 35.5. The number of hydrogen-bond donors (Lipinski definition) is 2. The highest BCUT2D eigenvalue weighted by molar-refractivity contribution is 6.43. The molecule has 0 aliphatic carbocycles. The number of nitrogens with zero attached hydrogens (tertiary/aromatic N) is 1. The van der Waals surface area contributed by atoms with E-state index in [1.54, 1.807) is 24.3 Å². The molecular formula is C12H8Cl2N2O2. The molecule has 1 heterocycles. The molecule has 1 aromatic carbocycles. The SMILES string of the molecule is Nc1nc(C(=O)O)ccc1-c1cccc(Cl)c1Cl. The fourth-order valence-corrected chi connectivity index (χ4v) is 1.94. The molecule has 0 aliphatic heterocycles. The molecule has 0 unspecified atom stereocenters. The van der Waals surface area contributed by atoms with E-state index in [-0.39, 0.29) is 11.5 Å². The molecule has 18 heavy (non-hydrogen) atoms. The Balaban J connectivity index is 2.58. The lowest BCUT2D eigenvalue weighted by Gasteiger charge is -2.08. The molecule has 0 aliphatic rings. The summed E-state index contributed by atoms with van der Waals surface area (Å²) in [4.78, 5) is 14.6. The summed E-state index contributed by atoms with van der Waals surface area (Å²) in [6, 6.07) is 8.05. The molecule has 0 radical (unpaired) electrons. The predicted molar refractivity (Wildman–Crippen MR) is 71.1 cm³/mol. The third kappa shape index (κ3) is 2.25. The molecule has 0 bridgehead atoms. The molecular weight excluding hydrogens is 275 g/mol. The summed E-state index contributed by atoms with van der Waals surface area (Å²) in [6.45, 7) is 0. The van der Waals surface area contributed by atoms with Crippen LogP contribution in [0.2, 0.25) is 10.0 Å². The number of halogens is 2. The lowest BCUT2D eigenvalue weighted by Crippen LogP contribution is -2.04. The summed E-state index contributed by atoms with van der Waals surface area (Å²) in [5.41, 5.74) is 6.78. The number of anilines is 1. The first-order valence-electron chi connectivity index (χ1n) is 4.95. The highest BCUT2D eigenvalue weighted by Crippen LogP contribution is 2.35. The van der Waals surface area contributed by atoms with E-state index in [0.717, 1.165) is 0 Å². The first-order chi connectivity index (χ1) is 8.50. The first kappa shape index (κ1) is 12.7. The number of pyridine rings is 1. The quantitative estimate of drug-likeness (QED) is 0.886. The minimum absolute atomic E-state index is 0.0964. The van der Waals surface area contributed by atoms with Crippen LogP contribution in [0.5, 0.6) is 0 Å². The fraction of sp³-hybridized carbons (Fsp3) is 0. The number of rotatable bonds is 2. The zero-order valence-electron chi connectivity index (χ0n) is 9.02. The molecule has 0 saturated carbocycles. The second-order valence-corrected chi connectivity index (χ2v) is 4.32. The standard InChI is InChI=1S/C12H8Cl2N2O2/c13-8-3-1-2-6(10(8)14)7-4-5-9(12(17)18)16-11(7)15/h1-5H,(H2,15,16)(H,17,18). The van der Waals surface area contributed by atoms with Gasteiger partial charge in [-0.15, -0.1) is 0 Å². The van der Waals surface area contributed by atoms with Crippen molar-refractivity contribution in [2.75, 3.05) is 5.73 Å². The van der Waals surface area contributed by atoms with Gasteiger partial charge in [0.05, 0.1) is 10.0 Å². The van der Waals surface area contributed by atoms with Crippen LogP contribution in [0.1, 0.15) is 10.5 Å². The Hall–Kier alpha value is -1.78. The monoisotopic (exact) mass is 282 g/mol. The van der Waals surface area contributed by atoms with Gasteiger partial charge in [-0.3, -0.25) is 0 Å². The van der Waals surface area contributed by atoms with E-state index in [9.17, 15) is 4.79 Å². The molecule has 0 spiro atoms. The van der Waals surface area contributed by atoms with Gasteiger partial charge in [0.25, 0.3) is 0 Å². The van der Waals surface area contributed by atoms with Crippen molar-refractivity contribution in [3.05, 3.63) is 46.1 Å². The van der Waals surface area contributed by atoms with Crippen LogP contribution in [0.25, 0.3) is 11.1 Å². The van der Waals surface area contributed by atoms with Crippen LogP contribution in [0.4, 0.5) is 5.82 Å². The average molecular weight is 283 g/mol. The Morgan fingerprint density at radius 1 is 1.17 bits per heavy atom. The molecule has 4 nitrogen and oxygen atoms in total. The zero-order valence-corrected chi connectivity index (χ0v) is 10.5. The molecule has 2 aromatic rings. The van der Waals surface area contributed by atoms with Gasteiger partial charge in [-0.05, 0) is 18.2 Å². The van der Waals surface area contributed by atoms with Crippen LogP contribution in [0.15, 0.2) is 30.3 Å². The van der Waals surface area contributed by atoms with Crippen molar-refractivity contribution in [1.29, 1.82) is 0 Å². The predicted octanol–water partition coefficient (Wildman–Crippen LogP) is 3.34. The van der Waals surface area contributed by atoms with Crippen molar-refractivity contribution < 1.29 is 9.90 Å². The second-order valence-electron chi connectivity index (χ2n) is 3.54. The Labute approximate surface area is 113 Å². The van der Waals surface area contributed by atoms with Crippen LogP contribution >= 0.6 is 23.2 Å². The molecule has 6 heteroatoms. The van der Waals surface area contributed by atoms with E-state index in [2.05, 4.69) is 4.98 Å². The third-order valence-corrected chi connectivity index (χ3v) is 3.20. The van der Waals surface area contributed by atoms with Crippen molar-refractivity contribution in [2.45, 2.75) is 0 Å². The Bertz CT molecular complexity index is 629. The summed E-state index contributed by atoms with van der Waals surface area (Å²) in [6.07, 6.45) is 0. The minimum atomic E-state index is -1.13. The van der Waals surface area contributed by atoms with Crippen molar-refractivity contribution in [3.63, 3.8) is 0 Å². The Morgan fingerprint density at radius 3 is 2.50 bits per heavy atom. The highest BCUT2D eigenvalue weighted by Gasteiger charge is 2.13. The Kier molecular flexibility index (Phi) is 3.41. The van der Waals surface area contributed by atoms with Crippen LogP contribution in [-0.2, 0) is 0 Å². The summed E-state index contributed by atoms with van der Waals surface area (Å²) in [7, 11) is 0. The van der Waals surface area contributed by atoms with Crippen LogP contribution in [0.3, 0.4) is 0 Å². The fourth-order valence-electron chi connectivity index (χ4n) is 1.53. The summed E-state index contributed by atoms with van der Waals surface area (Å²) in [5, 5.41) is 9.56. The first-order valence-corrected chi connectivity index (χ1v) is 5.70. The summed E-state index contributed by atoms with van der Waals surface area (Å²) in [5.74, 6) is -1.04. The molecule has 2 rings (SSSR count). The number of benzene rings is 1. The van der Waals surface area contributed by atoms with Crippen molar-refractivity contribution in [1.82, 2.24) is 4.98 Å². The number of nitrogen functional groups attached to an aromatic ring is 1. The average Bonchev–Trinajstić information content (AvgIpc) is 2.33. The van der Waals surface area contributed by atoms with Crippen molar-refractivity contribution >= 4 is 35.0 Å². The number of hydrogen-bond acceptors (Lipinski definition) is 3. The van der Waals surface area contributed by atoms with E-state index in [1.807, 2.05) is 0 Å². The second kappa shape index (κ2) is 4.84. The van der Waals surface area contributed by atoms with Crippen LogP contribution in [0, 0.1) is 0 Å². The van der Waals surface area contributed by atoms with Gasteiger partial charge in [0.2, 0.25) is 0 Å². The maximum atomic E-state index is 10.8. The number of aromatic nitrogens is 1. The van der Waals surface area contributed by atoms with Crippen LogP contribution < -0.4 is 5.73 Å². The molecule has 0 atom stereocenters. The molecule has 0 fully saturated rings. The maximum Gasteiger partial charge on any atom is 0.354 e. The molecule has 0 saturated heterocycles. The number of carbonyl (C=O) groups is 1. The molecule has 0 amide bonds. The van der Waals surface area contributed by atoms with Crippen molar-refractivity contribution in [3.8, 4) is 11.1 Å². The third-order valence-electron chi connectivity index (χ3n) is 2.39. The summed E-state index contributed by atoms with van der Waals surface area (Å²) >= 11 is 12.0. The van der Waals surface area contributed by atoms with Gasteiger partial charge >= 0.3 is 5.97 Å². The smallest absolute Gasteiger partial charge is 0.354 e. The van der Waals surface area contributed by atoms with Gasteiger partial charge in [0.1, 0.15) is 5.82 Å². The van der Waals surface area contributed by atoms with Gasteiger partial charge in [-0.2, -0.15) is 0 Å². The number of carboxylic acids is 1.